The van der Waals surface area contributed by atoms with Crippen molar-refractivity contribution >= 4 is 11.7 Å². The lowest BCUT2D eigenvalue weighted by Gasteiger charge is -2.27. The van der Waals surface area contributed by atoms with Crippen LogP contribution in [0.15, 0.2) is 59.8 Å². The van der Waals surface area contributed by atoms with Gasteiger partial charge in [-0.1, -0.05) is 54.5 Å². The Bertz CT molecular complexity index is 875. The number of ether oxygens (including phenoxy) is 1. The number of aliphatic hydroxyl groups excluding tert-OH is 1. The van der Waals surface area contributed by atoms with E-state index in [9.17, 15) is 14.3 Å². The zero-order valence-corrected chi connectivity index (χ0v) is 17.7. The van der Waals surface area contributed by atoms with E-state index < -0.39 is 6.10 Å². The predicted molar refractivity (Wildman–Crippen MR) is 116 cm³/mol. The molecule has 0 saturated heterocycles. The van der Waals surface area contributed by atoms with Crippen LogP contribution in [0, 0.1) is 5.82 Å². The zero-order chi connectivity index (χ0) is 22.1. The van der Waals surface area contributed by atoms with Gasteiger partial charge in [0.05, 0.1) is 5.71 Å². The number of halogens is 1. The number of oxime groups is 1. The predicted octanol–water partition coefficient (Wildman–Crippen LogP) is 3.53. The molecule has 0 bridgehead atoms. The van der Waals surface area contributed by atoms with Crippen LogP contribution >= 0.6 is 0 Å². The number of rotatable bonds is 11. The molecule has 0 aliphatic carbocycles. The van der Waals surface area contributed by atoms with Crippen LogP contribution in [-0.4, -0.2) is 53.6 Å². The first-order valence-electron chi connectivity index (χ1n) is 10.6. The summed E-state index contributed by atoms with van der Waals surface area (Å²) in [7, 11) is 0. The average molecular weight is 429 g/mol. The number of nitrogens with zero attached hydrogens (tertiary/aromatic N) is 2. The molecule has 2 aromatic carbocycles. The smallest absolute Gasteiger partial charge is 0.305 e. The second kappa shape index (κ2) is 11.6. The monoisotopic (exact) mass is 428 g/mol. The first-order chi connectivity index (χ1) is 15.0. The Morgan fingerprint density at radius 1 is 1.29 bits per heavy atom. The second-order valence-corrected chi connectivity index (χ2v) is 7.75. The molecule has 1 aliphatic rings. The molecular formula is C24H29FN2O4. The summed E-state index contributed by atoms with van der Waals surface area (Å²) in [5, 5.41) is 14.6. The summed E-state index contributed by atoms with van der Waals surface area (Å²) in [6.07, 6.45) is 0.632. The van der Waals surface area contributed by atoms with Crippen molar-refractivity contribution < 1.29 is 23.9 Å². The number of benzene rings is 2. The van der Waals surface area contributed by atoms with Crippen LogP contribution in [0.25, 0.3) is 0 Å². The van der Waals surface area contributed by atoms with Crippen LogP contribution in [0.3, 0.4) is 0 Å². The molecule has 0 saturated carbocycles. The van der Waals surface area contributed by atoms with E-state index >= 15 is 0 Å². The zero-order valence-electron chi connectivity index (χ0n) is 17.7. The Labute approximate surface area is 182 Å². The van der Waals surface area contributed by atoms with Gasteiger partial charge in [-0.25, -0.2) is 4.39 Å². The summed E-state index contributed by atoms with van der Waals surface area (Å²) in [5.41, 5.74) is 2.69. The Balaban J connectivity index is 1.60. The molecule has 2 aromatic rings. The molecule has 1 heterocycles. The minimum atomic E-state index is -0.856. The van der Waals surface area contributed by atoms with Crippen molar-refractivity contribution in [3.8, 4) is 0 Å². The van der Waals surface area contributed by atoms with Gasteiger partial charge in [-0.15, -0.1) is 0 Å². The van der Waals surface area contributed by atoms with Gasteiger partial charge in [0, 0.05) is 32.5 Å². The fourth-order valence-corrected chi connectivity index (χ4v) is 3.53. The van der Waals surface area contributed by atoms with Gasteiger partial charge < -0.3 is 14.7 Å². The lowest BCUT2D eigenvalue weighted by molar-refractivity contribution is -0.147. The van der Waals surface area contributed by atoms with E-state index in [4.69, 9.17) is 9.57 Å². The van der Waals surface area contributed by atoms with Crippen molar-refractivity contribution in [2.45, 2.75) is 44.9 Å². The first-order valence-corrected chi connectivity index (χ1v) is 10.6. The van der Waals surface area contributed by atoms with E-state index in [1.807, 2.05) is 48.2 Å². The van der Waals surface area contributed by atoms with Crippen LogP contribution < -0.4 is 0 Å². The maximum atomic E-state index is 13.6. The molecule has 0 unspecified atom stereocenters. The number of hydrogen-bond acceptors (Lipinski definition) is 6. The number of carbonyl (C=O) groups excluding carboxylic acids is 1. The van der Waals surface area contributed by atoms with E-state index in [0.29, 0.717) is 32.4 Å². The molecule has 1 N–H and O–H groups in total. The fraction of sp³-hybridized carbons (Fsp3) is 0.417. The van der Waals surface area contributed by atoms with Gasteiger partial charge in [0.15, 0.2) is 0 Å². The largest absolute Gasteiger partial charge is 0.463 e. The van der Waals surface area contributed by atoms with Crippen molar-refractivity contribution in [1.29, 1.82) is 0 Å². The molecule has 2 atom stereocenters. The Morgan fingerprint density at radius 3 is 2.84 bits per heavy atom. The van der Waals surface area contributed by atoms with Crippen molar-refractivity contribution in [3.05, 3.63) is 71.5 Å². The summed E-state index contributed by atoms with van der Waals surface area (Å²) >= 11 is 0. The van der Waals surface area contributed by atoms with Gasteiger partial charge in [0.25, 0.3) is 0 Å². The molecule has 7 heteroatoms. The van der Waals surface area contributed by atoms with Gasteiger partial charge in [0.2, 0.25) is 0 Å². The van der Waals surface area contributed by atoms with Crippen LogP contribution in [0.1, 0.15) is 37.3 Å². The van der Waals surface area contributed by atoms with E-state index in [2.05, 4.69) is 5.16 Å². The lowest BCUT2D eigenvalue weighted by Crippen LogP contribution is -2.39. The molecule has 0 radical (unpaired) electrons. The number of carbonyl (C=O) groups is 1. The molecule has 0 fully saturated rings. The Hall–Kier alpha value is -2.77. The molecule has 1 aliphatic heterocycles. The Kier molecular flexibility index (Phi) is 8.55. The minimum Gasteiger partial charge on any atom is -0.463 e. The van der Waals surface area contributed by atoms with E-state index in [1.54, 1.807) is 6.07 Å². The van der Waals surface area contributed by atoms with Crippen molar-refractivity contribution in [2.24, 2.45) is 5.16 Å². The molecule has 0 amide bonds. The van der Waals surface area contributed by atoms with Crippen LogP contribution in [-0.2, 0) is 20.9 Å². The van der Waals surface area contributed by atoms with E-state index in [-0.39, 0.29) is 31.0 Å². The first kappa shape index (κ1) is 22.9. The standard InChI is InChI=1S/C24H29FN2O4/c1-2-7-24(29)30-17-21(28)15-27(14-18-8-6-11-20(25)12-18)16-22-13-23(26-31-22)19-9-4-3-5-10-19/h3-6,8-12,21-22,28H,2,7,13-17H2,1H3/t21-,22-/m1/s1. The third-order valence-corrected chi connectivity index (χ3v) is 4.96. The number of hydrogen-bond donors (Lipinski definition) is 1. The van der Waals surface area contributed by atoms with Crippen molar-refractivity contribution in [3.63, 3.8) is 0 Å². The highest BCUT2D eigenvalue weighted by Gasteiger charge is 2.26. The van der Waals surface area contributed by atoms with Gasteiger partial charge in [0.1, 0.15) is 24.6 Å². The fourth-order valence-electron chi connectivity index (χ4n) is 3.53. The highest BCUT2D eigenvalue weighted by molar-refractivity contribution is 6.01. The van der Waals surface area contributed by atoms with E-state index in [0.717, 1.165) is 16.8 Å². The second-order valence-electron chi connectivity index (χ2n) is 7.75. The normalized spacial score (nSPS) is 16.6. The third-order valence-electron chi connectivity index (χ3n) is 4.96. The van der Waals surface area contributed by atoms with Gasteiger partial charge in [-0.05, 0) is 29.7 Å². The summed E-state index contributed by atoms with van der Waals surface area (Å²) in [4.78, 5) is 19.2. The van der Waals surface area contributed by atoms with Crippen LogP contribution in [0.4, 0.5) is 4.39 Å². The summed E-state index contributed by atoms with van der Waals surface area (Å²) in [6.45, 7) is 3.01. The average Bonchev–Trinajstić information content (AvgIpc) is 3.22. The van der Waals surface area contributed by atoms with Crippen molar-refractivity contribution in [1.82, 2.24) is 4.90 Å². The van der Waals surface area contributed by atoms with Gasteiger partial charge in [-0.3, -0.25) is 9.69 Å². The third kappa shape index (κ3) is 7.45. The number of esters is 1. The summed E-state index contributed by atoms with van der Waals surface area (Å²) in [6, 6.07) is 16.2. The quantitative estimate of drug-likeness (QED) is 0.555. The van der Waals surface area contributed by atoms with Crippen LogP contribution in [0.2, 0.25) is 0 Å². The summed E-state index contributed by atoms with van der Waals surface area (Å²) in [5.74, 6) is -0.628. The molecule has 6 nitrogen and oxygen atoms in total. The lowest BCUT2D eigenvalue weighted by atomic mass is 10.0. The highest BCUT2D eigenvalue weighted by Crippen LogP contribution is 2.19. The molecule has 0 spiro atoms. The van der Waals surface area contributed by atoms with Crippen LogP contribution in [0.5, 0.6) is 0 Å². The van der Waals surface area contributed by atoms with Gasteiger partial charge in [-0.2, -0.15) is 0 Å². The summed E-state index contributed by atoms with van der Waals surface area (Å²) < 4.78 is 18.8. The maximum absolute atomic E-state index is 13.6. The highest BCUT2D eigenvalue weighted by atomic mass is 19.1. The van der Waals surface area contributed by atoms with E-state index in [1.165, 1.54) is 12.1 Å². The minimum absolute atomic E-state index is 0.0736. The Morgan fingerprint density at radius 2 is 2.10 bits per heavy atom. The molecular weight excluding hydrogens is 399 g/mol. The molecule has 0 aromatic heterocycles. The van der Waals surface area contributed by atoms with Crippen molar-refractivity contribution in [2.75, 3.05) is 19.7 Å². The maximum Gasteiger partial charge on any atom is 0.305 e. The topological polar surface area (TPSA) is 71.4 Å². The molecule has 3 rings (SSSR count). The molecule has 166 valence electrons. The number of aliphatic hydroxyl groups is 1. The SMILES string of the molecule is CCCC(=O)OC[C@H](O)CN(Cc1cccc(F)c1)C[C@H]1CC(c2ccccc2)=NO1. The molecule has 31 heavy (non-hydrogen) atoms. The van der Waals surface area contributed by atoms with Gasteiger partial charge >= 0.3 is 5.97 Å².